The van der Waals surface area contributed by atoms with Gasteiger partial charge in [0.1, 0.15) is 0 Å². The van der Waals surface area contributed by atoms with Gasteiger partial charge in [0.15, 0.2) is 0 Å². The zero-order valence-electron chi connectivity index (χ0n) is 15.9. The molecule has 0 fully saturated rings. The number of hydrogen-bond donors (Lipinski definition) is 3. The van der Waals surface area contributed by atoms with E-state index in [1.807, 2.05) is 0 Å². The lowest BCUT2D eigenvalue weighted by Crippen LogP contribution is -2.33. The van der Waals surface area contributed by atoms with E-state index in [1.165, 1.54) is 18.3 Å². The van der Waals surface area contributed by atoms with Gasteiger partial charge in [0.25, 0.3) is 5.91 Å². The third-order valence-electron chi connectivity index (χ3n) is 3.98. The van der Waals surface area contributed by atoms with E-state index in [-0.39, 0.29) is 11.3 Å². The molecule has 0 aliphatic heterocycles. The Balaban J connectivity index is 1.63. The third-order valence-corrected chi connectivity index (χ3v) is 4.48. The van der Waals surface area contributed by atoms with E-state index in [4.69, 9.17) is 23.2 Å². The first-order chi connectivity index (χ1) is 14.9. The molecule has 0 heterocycles. The minimum atomic E-state index is -0.988. The number of para-hydroxylation sites is 1. The predicted octanol–water partition coefficient (Wildman–Crippen LogP) is 4.33. The van der Waals surface area contributed by atoms with Crippen molar-refractivity contribution in [2.24, 2.45) is 5.10 Å². The Bertz CT molecular complexity index is 1130. The molecule has 0 bridgehead atoms. The van der Waals surface area contributed by atoms with Crippen LogP contribution in [0, 0.1) is 0 Å². The van der Waals surface area contributed by atoms with Gasteiger partial charge < -0.3 is 10.6 Å². The molecule has 3 N–H and O–H groups in total. The molecule has 0 saturated heterocycles. The number of nitrogens with one attached hydrogen (secondary N) is 3. The summed E-state index contributed by atoms with van der Waals surface area (Å²) in [5.41, 5.74) is 3.71. The van der Waals surface area contributed by atoms with Crippen LogP contribution in [-0.2, 0) is 9.59 Å². The van der Waals surface area contributed by atoms with Gasteiger partial charge in [0, 0.05) is 15.7 Å². The van der Waals surface area contributed by atoms with Gasteiger partial charge in [0.05, 0.1) is 17.5 Å². The monoisotopic (exact) mass is 454 g/mol. The molecule has 3 rings (SSSR count). The van der Waals surface area contributed by atoms with Crippen LogP contribution in [0.15, 0.2) is 77.9 Å². The van der Waals surface area contributed by atoms with Crippen LogP contribution >= 0.6 is 23.2 Å². The highest BCUT2D eigenvalue weighted by molar-refractivity contribution is 6.40. The molecule has 0 radical (unpaired) electrons. The van der Waals surface area contributed by atoms with Crippen molar-refractivity contribution in [1.82, 2.24) is 5.43 Å². The topological polar surface area (TPSA) is 99.7 Å². The highest BCUT2D eigenvalue weighted by Crippen LogP contribution is 2.19. The number of anilines is 2. The van der Waals surface area contributed by atoms with Gasteiger partial charge in [-0.2, -0.15) is 5.10 Å². The maximum absolute atomic E-state index is 12.6. The lowest BCUT2D eigenvalue weighted by atomic mass is 10.1. The van der Waals surface area contributed by atoms with E-state index in [0.717, 1.165) is 0 Å². The number of rotatable bonds is 5. The van der Waals surface area contributed by atoms with Crippen molar-refractivity contribution in [2.45, 2.75) is 0 Å². The van der Waals surface area contributed by atoms with E-state index in [2.05, 4.69) is 21.2 Å². The van der Waals surface area contributed by atoms with Gasteiger partial charge in [-0.3, -0.25) is 14.4 Å². The number of hydrogen-bond acceptors (Lipinski definition) is 4. The fraction of sp³-hybridized carbons (Fsp3) is 0. The summed E-state index contributed by atoms with van der Waals surface area (Å²) in [5, 5.41) is 9.96. The summed E-state index contributed by atoms with van der Waals surface area (Å²) >= 11 is 11.6. The Hall–Kier alpha value is -3.68. The summed E-state index contributed by atoms with van der Waals surface area (Å²) in [6, 6.07) is 19.6. The van der Waals surface area contributed by atoms with Gasteiger partial charge in [-0.15, -0.1) is 0 Å². The van der Waals surface area contributed by atoms with Crippen LogP contribution in [-0.4, -0.2) is 23.9 Å². The molecular formula is C22H16Cl2N4O3. The number of benzene rings is 3. The number of amides is 3. The molecule has 31 heavy (non-hydrogen) atoms. The molecular weight excluding hydrogens is 439 g/mol. The van der Waals surface area contributed by atoms with Crippen molar-refractivity contribution in [3.05, 3.63) is 94.0 Å². The lowest BCUT2D eigenvalue weighted by Gasteiger charge is -2.11. The highest BCUT2D eigenvalue weighted by atomic mass is 35.5. The lowest BCUT2D eigenvalue weighted by molar-refractivity contribution is -0.136. The van der Waals surface area contributed by atoms with Gasteiger partial charge >= 0.3 is 11.8 Å². The second kappa shape index (κ2) is 10.4. The average molecular weight is 455 g/mol. The van der Waals surface area contributed by atoms with Crippen molar-refractivity contribution < 1.29 is 14.4 Å². The van der Waals surface area contributed by atoms with Crippen molar-refractivity contribution in [3.8, 4) is 0 Å². The molecule has 3 amide bonds. The van der Waals surface area contributed by atoms with E-state index in [1.54, 1.807) is 60.7 Å². The summed E-state index contributed by atoms with van der Waals surface area (Å²) in [6.45, 7) is 0. The maximum atomic E-state index is 12.6. The van der Waals surface area contributed by atoms with E-state index >= 15 is 0 Å². The average Bonchev–Trinajstić information content (AvgIpc) is 2.77. The largest absolute Gasteiger partial charge is 0.329 e. The summed E-state index contributed by atoms with van der Waals surface area (Å²) in [7, 11) is 0. The van der Waals surface area contributed by atoms with Crippen LogP contribution in [0.1, 0.15) is 15.9 Å². The fourth-order valence-electron chi connectivity index (χ4n) is 2.47. The predicted molar refractivity (Wildman–Crippen MR) is 122 cm³/mol. The van der Waals surface area contributed by atoms with E-state index in [9.17, 15) is 14.4 Å². The quantitative estimate of drug-likeness (QED) is 0.303. The zero-order valence-corrected chi connectivity index (χ0v) is 17.4. The molecule has 0 atom stereocenters. The van der Waals surface area contributed by atoms with E-state index in [0.29, 0.717) is 21.3 Å². The zero-order chi connectivity index (χ0) is 22.2. The molecule has 9 heteroatoms. The van der Waals surface area contributed by atoms with Crippen LogP contribution in [0.5, 0.6) is 0 Å². The summed E-state index contributed by atoms with van der Waals surface area (Å²) < 4.78 is 0. The molecule has 3 aromatic carbocycles. The summed E-state index contributed by atoms with van der Waals surface area (Å²) in [6.07, 6.45) is 1.37. The Morgan fingerprint density at radius 2 is 1.35 bits per heavy atom. The maximum Gasteiger partial charge on any atom is 0.329 e. The first kappa shape index (κ1) is 22.0. The van der Waals surface area contributed by atoms with Gasteiger partial charge in [0.2, 0.25) is 0 Å². The van der Waals surface area contributed by atoms with Gasteiger partial charge in [-0.05, 0) is 54.1 Å². The fourth-order valence-corrected chi connectivity index (χ4v) is 2.72. The van der Waals surface area contributed by atoms with Crippen molar-refractivity contribution in [1.29, 1.82) is 0 Å². The normalized spacial score (nSPS) is 10.5. The van der Waals surface area contributed by atoms with Crippen molar-refractivity contribution >= 4 is 58.5 Å². The standard InChI is InChI=1S/C22H16Cl2N4O3/c23-15-7-5-14(6-8-15)13-25-28-22(31)21(30)27-19-4-2-1-3-18(19)20(29)26-17-11-9-16(24)10-12-17/h1-13H,(H,26,29)(H,27,30)(H,28,31)/b25-13+. The van der Waals surface area contributed by atoms with Gasteiger partial charge in [-0.1, -0.05) is 47.5 Å². The number of carbonyl (C=O) groups excluding carboxylic acids is 3. The number of carbonyl (C=O) groups is 3. The molecule has 0 spiro atoms. The Morgan fingerprint density at radius 1 is 0.742 bits per heavy atom. The summed E-state index contributed by atoms with van der Waals surface area (Å²) in [4.78, 5) is 36.8. The second-order valence-corrected chi connectivity index (χ2v) is 7.08. The van der Waals surface area contributed by atoms with Crippen molar-refractivity contribution in [3.63, 3.8) is 0 Å². The molecule has 0 aliphatic rings. The molecule has 3 aromatic rings. The minimum absolute atomic E-state index is 0.177. The molecule has 0 saturated carbocycles. The minimum Gasteiger partial charge on any atom is -0.322 e. The first-order valence-electron chi connectivity index (χ1n) is 8.98. The van der Waals surface area contributed by atoms with Crippen LogP contribution in [0.3, 0.4) is 0 Å². The van der Waals surface area contributed by atoms with Crippen LogP contribution in [0.4, 0.5) is 11.4 Å². The van der Waals surface area contributed by atoms with Crippen LogP contribution in [0.25, 0.3) is 0 Å². The first-order valence-corrected chi connectivity index (χ1v) is 9.74. The molecule has 0 aliphatic carbocycles. The third kappa shape index (κ3) is 6.40. The van der Waals surface area contributed by atoms with E-state index < -0.39 is 17.7 Å². The number of hydrazone groups is 1. The molecule has 7 nitrogen and oxygen atoms in total. The molecule has 156 valence electrons. The van der Waals surface area contributed by atoms with Crippen LogP contribution < -0.4 is 16.1 Å². The van der Waals surface area contributed by atoms with Crippen LogP contribution in [0.2, 0.25) is 10.0 Å². The number of halogens is 2. The summed E-state index contributed by atoms with van der Waals surface area (Å²) in [5.74, 6) is -2.42. The molecule has 0 aromatic heterocycles. The van der Waals surface area contributed by atoms with Crippen molar-refractivity contribution in [2.75, 3.05) is 10.6 Å². The Labute approximate surface area is 188 Å². The second-order valence-electron chi connectivity index (χ2n) is 6.21. The van der Waals surface area contributed by atoms with Gasteiger partial charge in [-0.25, -0.2) is 5.43 Å². The smallest absolute Gasteiger partial charge is 0.322 e. The number of nitrogens with zero attached hydrogens (tertiary/aromatic N) is 1. The Morgan fingerprint density at radius 3 is 2.03 bits per heavy atom. The highest BCUT2D eigenvalue weighted by Gasteiger charge is 2.17. The SMILES string of the molecule is O=C(N/N=C/c1ccc(Cl)cc1)C(=O)Nc1ccccc1C(=O)Nc1ccc(Cl)cc1. The Kier molecular flexibility index (Phi) is 7.37. The molecule has 0 unspecified atom stereocenters.